The molecule has 7 heteroatoms. The highest BCUT2D eigenvalue weighted by Crippen LogP contribution is 2.35. The molecule has 2 aromatic heterocycles. The van der Waals surface area contributed by atoms with Crippen LogP contribution in [0.2, 0.25) is 5.02 Å². The molecule has 6 nitrogen and oxygen atoms in total. The maximum absolute atomic E-state index is 6.17. The number of benzene rings is 1. The van der Waals surface area contributed by atoms with E-state index in [0.29, 0.717) is 16.6 Å². The maximum Gasteiger partial charge on any atom is 0.153 e. The van der Waals surface area contributed by atoms with E-state index in [1.807, 2.05) is 25.1 Å². The summed E-state index contributed by atoms with van der Waals surface area (Å²) in [4.78, 5) is 0. The lowest BCUT2D eigenvalue weighted by molar-refractivity contribution is 0.415. The van der Waals surface area contributed by atoms with Gasteiger partial charge in [0.15, 0.2) is 5.82 Å². The predicted molar refractivity (Wildman–Crippen MR) is 83.3 cm³/mol. The topological polar surface area (TPSA) is 92.6 Å². The molecular weight excluding hydrogens is 290 g/mol. The fourth-order valence-corrected chi connectivity index (χ4v) is 2.09. The lowest BCUT2D eigenvalue weighted by Crippen LogP contribution is -1.90. The van der Waals surface area contributed by atoms with Gasteiger partial charge in [-0.1, -0.05) is 11.6 Å². The van der Waals surface area contributed by atoms with Crippen LogP contribution in [0.25, 0.3) is 11.1 Å². The van der Waals surface area contributed by atoms with E-state index in [-0.39, 0.29) is 0 Å². The number of halogens is 1. The van der Waals surface area contributed by atoms with Gasteiger partial charge in [-0.25, -0.2) is 0 Å². The first kappa shape index (κ1) is 14.9. The third-order valence-electron chi connectivity index (χ3n) is 2.83. The molecule has 3 aromatic rings. The number of aromatic nitrogens is 4. The van der Waals surface area contributed by atoms with E-state index in [4.69, 9.17) is 22.1 Å². The minimum absolute atomic E-state index is 0.449. The SMILES string of the molecule is COc1ccc(-c2c(N)n[nH]c2C)c(Cl)c1.c1cn[nH]c1. The molecule has 0 saturated carbocycles. The van der Waals surface area contributed by atoms with Crippen molar-refractivity contribution in [2.24, 2.45) is 0 Å². The van der Waals surface area contributed by atoms with Gasteiger partial charge >= 0.3 is 0 Å². The summed E-state index contributed by atoms with van der Waals surface area (Å²) < 4.78 is 5.09. The van der Waals surface area contributed by atoms with E-state index in [1.165, 1.54) is 0 Å². The quantitative estimate of drug-likeness (QED) is 0.678. The van der Waals surface area contributed by atoms with Gasteiger partial charge in [-0.3, -0.25) is 10.2 Å². The number of H-pyrrole nitrogens is 2. The number of nitrogens with one attached hydrogen (secondary N) is 2. The van der Waals surface area contributed by atoms with Crippen molar-refractivity contribution in [1.82, 2.24) is 20.4 Å². The number of nitrogen functional groups attached to an aromatic ring is 1. The molecule has 0 aliphatic heterocycles. The zero-order valence-electron chi connectivity index (χ0n) is 11.7. The van der Waals surface area contributed by atoms with Crippen LogP contribution < -0.4 is 10.5 Å². The Bertz CT molecular complexity index is 657. The summed E-state index contributed by atoms with van der Waals surface area (Å²) in [6.45, 7) is 1.90. The summed E-state index contributed by atoms with van der Waals surface area (Å²) in [7, 11) is 1.60. The van der Waals surface area contributed by atoms with Gasteiger partial charge in [0, 0.05) is 29.2 Å². The van der Waals surface area contributed by atoms with E-state index < -0.39 is 0 Å². The summed E-state index contributed by atoms with van der Waals surface area (Å²) in [5, 5.41) is 13.6. The first-order chi connectivity index (χ1) is 10.1. The standard InChI is InChI=1S/C11H12ClN3O.C3H4N2/c1-6-10(11(13)15-14-6)8-4-3-7(16-2)5-9(8)12;1-2-4-5-3-1/h3-5H,1-2H3,(H3,13,14,15);1-3H,(H,4,5). The molecule has 0 aliphatic rings. The molecule has 0 saturated heterocycles. The van der Waals surface area contributed by atoms with Crippen LogP contribution in [-0.2, 0) is 0 Å². The van der Waals surface area contributed by atoms with Gasteiger partial charge in [-0.05, 0) is 31.2 Å². The molecule has 0 spiro atoms. The predicted octanol–water partition coefficient (Wildman–Crippen LogP) is 3.04. The van der Waals surface area contributed by atoms with Crippen molar-refractivity contribution in [3.8, 4) is 16.9 Å². The average Bonchev–Trinajstić information content (AvgIpc) is 3.14. The van der Waals surface area contributed by atoms with Crippen molar-refractivity contribution >= 4 is 17.4 Å². The summed E-state index contributed by atoms with van der Waals surface area (Å²) in [5.74, 6) is 1.16. The highest BCUT2D eigenvalue weighted by atomic mass is 35.5. The lowest BCUT2D eigenvalue weighted by Gasteiger charge is -2.06. The van der Waals surface area contributed by atoms with E-state index >= 15 is 0 Å². The summed E-state index contributed by atoms with van der Waals surface area (Å²) in [6, 6.07) is 7.30. The molecule has 0 amide bonds. The molecule has 0 bridgehead atoms. The van der Waals surface area contributed by atoms with Crippen molar-refractivity contribution < 1.29 is 4.74 Å². The van der Waals surface area contributed by atoms with Crippen LogP contribution >= 0.6 is 11.6 Å². The molecule has 2 heterocycles. The molecule has 0 aliphatic carbocycles. The van der Waals surface area contributed by atoms with Crippen molar-refractivity contribution in [1.29, 1.82) is 0 Å². The second-order valence-electron chi connectivity index (χ2n) is 4.22. The highest BCUT2D eigenvalue weighted by molar-refractivity contribution is 6.33. The van der Waals surface area contributed by atoms with Gasteiger partial charge in [-0.2, -0.15) is 10.2 Å². The first-order valence-corrected chi connectivity index (χ1v) is 6.59. The summed E-state index contributed by atoms with van der Waals surface area (Å²) in [5.41, 5.74) is 8.37. The number of aromatic amines is 2. The summed E-state index contributed by atoms with van der Waals surface area (Å²) >= 11 is 6.17. The molecule has 4 N–H and O–H groups in total. The highest BCUT2D eigenvalue weighted by Gasteiger charge is 2.13. The monoisotopic (exact) mass is 305 g/mol. The zero-order chi connectivity index (χ0) is 15.2. The van der Waals surface area contributed by atoms with Crippen LogP contribution in [0.15, 0.2) is 36.7 Å². The molecular formula is C14H16ClN5O. The number of nitrogens with zero attached hydrogens (tertiary/aromatic N) is 2. The minimum Gasteiger partial charge on any atom is -0.497 e. The van der Waals surface area contributed by atoms with Gasteiger partial charge in [0.1, 0.15) is 5.75 Å². The van der Waals surface area contributed by atoms with E-state index in [0.717, 1.165) is 16.8 Å². The Morgan fingerprint density at radius 3 is 2.57 bits per heavy atom. The third kappa shape index (κ3) is 3.55. The van der Waals surface area contributed by atoms with Gasteiger partial charge < -0.3 is 10.5 Å². The second kappa shape index (κ2) is 6.81. The van der Waals surface area contributed by atoms with Crippen LogP contribution in [-0.4, -0.2) is 27.5 Å². The number of hydrogen-bond donors (Lipinski definition) is 3. The van der Waals surface area contributed by atoms with Crippen molar-refractivity contribution in [3.63, 3.8) is 0 Å². The van der Waals surface area contributed by atoms with Crippen molar-refractivity contribution in [3.05, 3.63) is 47.4 Å². The fourth-order valence-electron chi connectivity index (χ4n) is 1.83. The number of nitrogens with two attached hydrogens (primary N) is 1. The fraction of sp³-hybridized carbons (Fsp3) is 0.143. The van der Waals surface area contributed by atoms with E-state index in [1.54, 1.807) is 25.6 Å². The third-order valence-corrected chi connectivity index (χ3v) is 3.14. The number of hydrogen-bond acceptors (Lipinski definition) is 4. The van der Waals surface area contributed by atoms with E-state index in [2.05, 4.69) is 20.4 Å². The lowest BCUT2D eigenvalue weighted by atomic mass is 10.1. The van der Waals surface area contributed by atoms with Crippen LogP contribution in [0.1, 0.15) is 5.69 Å². The van der Waals surface area contributed by atoms with Crippen LogP contribution in [0.4, 0.5) is 5.82 Å². The molecule has 0 atom stereocenters. The Labute approximate surface area is 127 Å². The molecule has 0 radical (unpaired) electrons. The molecule has 21 heavy (non-hydrogen) atoms. The molecule has 1 aromatic carbocycles. The maximum atomic E-state index is 6.17. The minimum atomic E-state index is 0.449. The molecule has 110 valence electrons. The molecule has 0 unspecified atom stereocenters. The Balaban J connectivity index is 0.000000272. The summed E-state index contributed by atoms with van der Waals surface area (Å²) in [6.07, 6.45) is 3.46. The first-order valence-electron chi connectivity index (χ1n) is 6.21. The van der Waals surface area contributed by atoms with Gasteiger partial charge in [0.2, 0.25) is 0 Å². The van der Waals surface area contributed by atoms with Gasteiger partial charge in [0.25, 0.3) is 0 Å². The zero-order valence-corrected chi connectivity index (χ0v) is 12.5. The smallest absolute Gasteiger partial charge is 0.153 e. The van der Waals surface area contributed by atoms with Crippen molar-refractivity contribution in [2.75, 3.05) is 12.8 Å². The molecule has 0 fully saturated rings. The van der Waals surface area contributed by atoms with Crippen LogP contribution in [0, 0.1) is 6.92 Å². The average molecular weight is 306 g/mol. The Hall–Kier alpha value is -2.47. The van der Waals surface area contributed by atoms with Gasteiger partial charge in [-0.15, -0.1) is 0 Å². The number of anilines is 1. The second-order valence-corrected chi connectivity index (χ2v) is 4.63. The normalized spacial score (nSPS) is 9.86. The Morgan fingerprint density at radius 1 is 1.33 bits per heavy atom. The Morgan fingerprint density at radius 2 is 2.14 bits per heavy atom. The van der Waals surface area contributed by atoms with Crippen molar-refractivity contribution in [2.45, 2.75) is 6.92 Å². The van der Waals surface area contributed by atoms with Crippen LogP contribution in [0.3, 0.4) is 0 Å². The number of ether oxygens (including phenoxy) is 1. The van der Waals surface area contributed by atoms with Gasteiger partial charge in [0.05, 0.1) is 12.1 Å². The number of aryl methyl sites for hydroxylation is 1. The largest absolute Gasteiger partial charge is 0.497 e. The number of rotatable bonds is 2. The Kier molecular flexibility index (Phi) is 4.84. The van der Waals surface area contributed by atoms with E-state index in [9.17, 15) is 0 Å². The van der Waals surface area contributed by atoms with Crippen LogP contribution in [0.5, 0.6) is 5.75 Å². The molecule has 3 rings (SSSR count). The number of methoxy groups -OCH3 is 1.